The first-order valence-electron chi connectivity index (χ1n) is 11.5. The number of hydrogen-bond acceptors (Lipinski definition) is 5. The molecule has 0 bridgehead atoms. The van der Waals surface area contributed by atoms with E-state index < -0.39 is 0 Å². The van der Waals surface area contributed by atoms with Crippen LogP contribution < -0.4 is 10.1 Å². The molecule has 32 heavy (non-hydrogen) atoms. The van der Waals surface area contributed by atoms with E-state index in [-0.39, 0.29) is 11.8 Å². The van der Waals surface area contributed by atoms with Crippen molar-refractivity contribution in [3.8, 4) is 28.3 Å². The Morgan fingerprint density at radius 2 is 1.94 bits per heavy atom. The molecular formula is C25H29N5O2. The molecule has 2 aromatic carbocycles. The third kappa shape index (κ3) is 4.11. The number of rotatable bonds is 6. The van der Waals surface area contributed by atoms with Crippen LogP contribution in [0.4, 0.5) is 5.69 Å². The van der Waals surface area contributed by atoms with E-state index in [9.17, 15) is 4.79 Å². The number of amides is 1. The fourth-order valence-corrected chi connectivity index (χ4v) is 5.22. The predicted octanol–water partition coefficient (Wildman–Crippen LogP) is 5.01. The molecule has 1 amide bonds. The maximum atomic E-state index is 12.9. The van der Waals surface area contributed by atoms with Gasteiger partial charge in [-0.15, -0.1) is 5.10 Å². The molecule has 1 aromatic heterocycles. The highest BCUT2D eigenvalue weighted by Gasteiger charge is 2.47. The summed E-state index contributed by atoms with van der Waals surface area (Å²) < 4.78 is 5.40. The van der Waals surface area contributed by atoms with Crippen molar-refractivity contribution in [2.75, 3.05) is 12.4 Å². The Kier molecular flexibility index (Phi) is 5.64. The van der Waals surface area contributed by atoms with Crippen molar-refractivity contribution in [3.05, 3.63) is 42.0 Å². The molecule has 1 heterocycles. The molecule has 0 aliphatic heterocycles. The lowest BCUT2D eigenvalue weighted by atomic mass is 9.85. The quantitative estimate of drug-likeness (QED) is 0.573. The summed E-state index contributed by atoms with van der Waals surface area (Å²) in [5.74, 6) is 2.99. The molecule has 0 spiro atoms. The number of aryl methyl sites for hydroxylation is 1. The average molecular weight is 432 g/mol. The fraction of sp³-hybridized carbons (Fsp3) is 0.440. The standard InChI is InChI=1S/C25H29N5O2/c1-15-12-17(8-11-23(15)32-2)19-10-9-18(13-21(19)24-27-29-30-28-24)26-25(31)22-14-20(22)16-6-4-3-5-7-16/h8-13,16,20,22H,3-7,14H2,1-2H3,(H,26,31)(H,27,28,29,30). The van der Waals surface area contributed by atoms with Gasteiger partial charge >= 0.3 is 0 Å². The van der Waals surface area contributed by atoms with Gasteiger partial charge in [0.25, 0.3) is 0 Å². The number of H-pyrrole nitrogens is 1. The Morgan fingerprint density at radius 1 is 1.09 bits per heavy atom. The number of anilines is 1. The molecule has 7 heteroatoms. The number of nitrogens with one attached hydrogen (secondary N) is 2. The third-order valence-corrected chi connectivity index (χ3v) is 7.03. The monoisotopic (exact) mass is 431 g/mol. The Labute approximate surface area is 188 Å². The Hall–Kier alpha value is -3.22. The minimum absolute atomic E-state index is 0.135. The molecule has 0 saturated heterocycles. The summed E-state index contributed by atoms with van der Waals surface area (Å²) in [7, 11) is 1.67. The number of nitrogens with zero attached hydrogens (tertiary/aromatic N) is 3. The number of benzene rings is 2. The summed E-state index contributed by atoms with van der Waals surface area (Å²) >= 11 is 0. The first kappa shape index (κ1) is 20.7. The largest absolute Gasteiger partial charge is 0.496 e. The lowest BCUT2D eigenvalue weighted by molar-refractivity contribution is -0.117. The van der Waals surface area contributed by atoms with Crippen molar-refractivity contribution in [3.63, 3.8) is 0 Å². The van der Waals surface area contributed by atoms with Crippen molar-refractivity contribution in [2.24, 2.45) is 17.8 Å². The van der Waals surface area contributed by atoms with Gasteiger partial charge in [-0.3, -0.25) is 4.79 Å². The third-order valence-electron chi connectivity index (χ3n) is 7.03. The normalized spacial score (nSPS) is 20.7. The predicted molar refractivity (Wildman–Crippen MR) is 123 cm³/mol. The van der Waals surface area contributed by atoms with Crippen LogP contribution in [0.3, 0.4) is 0 Å². The van der Waals surface area contributed by atoms with Gasteiger partial charge in [-0.2, -0.15) is 0 Å². The van der Waals surface area contributed by atoms with E-state index >= 15 is 0 Å². The number of tetrazole rings is 1. The van der Waals surface area contributed by atoms with Crippen molar-refractivity contribution in [2.45, 2.75) is 45.4 Å². The van der Waals surface area contributed by atoms with Gasteiger partial charge < -0.3 is 10.1 Å². The Morgan fingerprint density at radius 3 is 2.66 bits per heavy atom. The number of hydrogen-bond donors (Lipinski definition) is 2. The van der Waals surface area contributed by atoms with E-state index in [1.807, 2.05) is 37.3 Å². The van der Waals surface area contributed by atoms with Gasteiger partial charge in [-0.05, 0) is 76.6 Å². The van der Waals surface area contributed by atoms with E-state index in [0.29, 0.717) is 11.7 Å². The average Bonchev–Trinajstić information content (AvgIpc) is 3.44. The van der Waals surface area contributed by atoms with E-state index in [4.69, 9.17) is 4.74 Å². The molecule has 0 radical (unpaired) electrons. The minimum Gasteiger partial charge on any atom is -0.496 e. The summed E-state index contributed by atoms with van der Waals surface area (Å²) in [5.41, 5.74) is 4.68. The zero-order valence-electron chi connectivity index (χ0n) is 18.6. The topological polar surface area (TPSA) is 92.8 Å². The van der Waals surface area contributed by atoms with Gasteiger partial charge in [-0.1, -0.05) is 44.2 Å². The number of carbonyl (C=O) groups is 1. The summed E-state index contributed by atoms with van der Waals surface area (Å²) in [5, 5.41) is 17.6. The van der Waals surface area contributed by atoms with E-state index in [2.05, 4.69) is 32.0 Å². The van der Waals surface area contributed by atoms with Gasteiger partial charge in [-0.25, -0.2) is 5.10 Å². The Bertz CT molecular complexity index is 1110. The van der Waals surface area contributed by atoms with Gasteiger partial charge in [0.2, 0.25) is 5.91 Å². The smallest absolute Gasteiger partial charge is 0.227 e. The van der Waals surface area contributed by atoms with E-state index in [1.54, 1.807) is 7.11 Å². The molecule has 2 aliphatic rings. The van der Waals surface area contributed by atoms with Gasteiger partial charge in [0.05, 0.1) is 7.11 Å². The molecule has 2 atom stereocenters. The minimum atomic E-state index is 0.135. The van der Waals surface area contributed by atoms with Crippen LogP contribution in [-0.2, 0) is 4.79 Å². The maximum absolute atomic E-state index is 12.9. The molecule has 2 fully saturated rings. The number of aromatic nitrogens is 4. The molecule has 2 N–H and O–H groups in total. The first-order valence-corrected chi connectivity index (χ1v) is 11.5. The van der Waals surface area contributed by atoms with Crippen LogP contribution in [0.25, 0.3) is 22.5 Å². The van der Waals surface area contributed by atoms with Gasteiger partial charge in [0.1, 0.15) is 5.75 Å². The highest BCUT2D eigenvalue weighted by Crippen LogP contribution is 2.49. The second kappa shape index (κ2) is 8.73. The van der Waals surface area contributed by atoms with Crippen LogP contribution in [0.15, 0.2) is 36.4 Å². The Balaban J connectivity index is 1.38. The zero-order valence-corrected chi connectivity index (χ0v) is 18.6. The zero-order chi connectivity index (χ0) is 22.1. The second-order valence-corrected chi connectivity index (χ2v) is 9.09. The summed E-state index contributed by atoms with van der Waals surface area (Å²) in [6.07, 6.45) is 7.57. The number of ether oxygens (including phenoxy) is 1. The lowest BCUT2D eigenvalue weighted by Crippen LogP contribution is -2.18. The maximum Gasteiger partial charge on any atom is 0.227 e. The first-order chi connectivity index (χ1) is 15.6. The van der Waals surface area contributed by atoms with E-state index in [0.717, 1.165) is 46.0 Å². The number of aromatic amines is 1. The lowest BCUT2D eigenvalue weighted by Gasteiger charge is -2.21. The highest BCUT2D eigenvalue weighted by molar-refractivity contribution is 5.96. The summed E-state index contributed by atoms with van der Waals surface area (Å²) in [6.45, 7) is 2.02. The van der Waals surface area contributed by atoms with Crippen molar-refractivity contribution in [1.82, 2.24) is 20.6 Å². The molecule has 2 aliphatic carbocycles. The van der Waals surface area contributed by atoms with Crippen LogP contribution >= 0.6 is 0 Å². The molecule has 2 unspecified atom stereocenters. The number of methoxy groups -OCH3 is 1. The van der Waals surface area contributed by atoms with Crippen molar-refractivity contribution >= 4 is 11.6 Å². The van der Waals surface area contributed by atoms with Gasteiger partial charge in [0.15, 0.2) is 5.82 Å². The molecule has 7 nitrogen and oxygen atoms in total. The molecular weight excluding hydrogens is 402 g/mol. The fourth-order valence-electron chi connectivity index (χ4n) is 5.22. The van der Waals surface area contributed by atoms with Crippen molar-refractivity contribution in [1.29, 1.82) is 0 Å². The summed E-state index contributed by atoms with van der Waals surface area (Å²) in [4.78, 5) is 12.9. The van der Waals surface area contributed by atoms with Crippen LogP contribution in [0.1, 0.15) is 44.1 Å². The molecule has 3 aromatic rings. The van der Waals surface area contributed by atoms with Gasteiger partial charge in [0, 0.05) is 17.2 Å². The highest BCUT2D eigenvalue weighted by atomic mass is 16.5. The molecule has 5 rings (SSSR count). The second-order valence-electron chi connectivity index (χ2n) is 9.09. The SMILES string of the molecule is COc1ccc(-c2ccc(NC(=O)C3CC3C3CCCCC3)cc2-c2nnn[nH]2)cc1C. The number of carbonyl (C=O) groups excluding carboxylic acids is 1. The van der Waals surface area contributed by atoms with Crippen LogP contribution in [0, 0.1) is 24.7 Å². The molecule has 166 valence electrons. The van der Waals surface area contributed by atoms with Crippen LogP contribution in [0.2, 0.25) is 0 Å². The summed E-state index contributed by atoms with van der Waals surface area (Å²) in [6, 6.07) is 12.0. The van der Waals surface area contributed by atoms with Crippen LogP contribution in [0.5, 0.6) is 5.75 Å². The van der Waals surface area contributed by atoms with Crippen molar-refractivity contribution < 1.29 is 9.53 Å². The van der Waals surface area contributed by atoms with E-state index in [1.165, 1.54) is 32.1 Å². The van der Waals surface area contributed by atoms with Crippen LogP contribution in [-0.4, -0.2) is 33.6 Å². The molecule has 2 saturated carbocycles.